The normalized spacial score (nSPS) is 12.5. The molecule has 2 N–H and O–H groups in total. The van der Waals surface area contributed by atoms with Gasteiger partial charge in [0.15, 0.2) is 0 Å². The number of halogens is 1. The molecule has 0 aliphatic heterocycles. The summed E-state index contributed by atoms with van der Waals surface area (Å²) in [5.41, 5.74) is 2.37. The molecule has 1 atom stereocenters. The van der Waals surface area contributed by atoms with Crippen LogP contribution in [0.15, 0.2) is 10.5 Å². The van der Waals surface area contributed by atoms with Gasteiger partial charge in [0.1, 0.15) is 5.75 Å². The van der Waals surface area contributed by atoms with Crippen molar-refractivity contribution in [1.29, 1.82) is 0 Å². The highest BCUT2D eigenvalue weighted by atomic mass is 79.9. The average molecular weight is 287 g/mol. The van der Waals surface area contributed by atoms with E-state index in [-0.39, 0.29) is 5.75 Å². The van der Waals surface area contributed by atoms with Crippen molar-refractivity contribution in [3.05, 3.63) is 27.2 Å². The summed E-state index contributed by atoms with van der Waals surface area (Å²) in [6.45, 7) is 5.31. The Kier molecular flexibility index (Phi) is 3.97. The van der Waals surface area contributed by atoms with Gasteiger partial charge in [0.25, 0.3) is 0 Å². The van der Waals surface area contributed by atoms with E-state index in [1.165, 1.54) is 0 Å². The minimum Gasteiger partial charge on any atom is -0.507 e. The van der Waals surface area contributed by atoms with Crippen LogP contribution < -0.4 is 0 Å². The molecule has 0 aliphatic carbocycles. The van der Waals surface area contributed by atoms with Crippen molar-refractivity contribution in [3.8, 4) is 5.75 Å². The highest BCUT2D eigenvalue weighted by Crippen LogP contribution is 2.33. The number of carboxylic acid groups (broad SMARTS) is 1. The monoisotopic (exact) mass is 286 g/mol. The van der Waals surface area contributed by atoms with Crippen LogP contribution in [0.2, 0.25) is 0 Å². The van der Waals surface area contributed by atoms with E-state index in [1.54, 1.807) is 13.8 Å². The zero-order valence-electron chi connectivity index (χ0n) is 9.54. The van der Waals surface area contributed by atoms with E-state index in [2.05, 4.69) is 15.9 Å². The van der Waals surface area contributed by atoms with Crippen molar-refractivity contribution >= 4 is 21.9 Å². The molecule has 3 nitrogen and oxygen atoms in total. The van der Waals surface area contributed by atoms with Crippen LogP contribution in [0.25, 0.3) is 0 Å². The fourth-order valence-corrected chi connectivity index (χ4v) is 2.09. The van der Waals surface area contributed by atoms with Gasteiger partial charge in [-0.25, -0.2) is 0 Å². The van der Waals surface area contributed by atoms with Crippen LogP contribution in [0.5, 0.6) is 5.75 Å². The van der Waals surface area contributed by atoms with Gasteiger partial charge in [-0.05, 0) is 37.5 Å². The molecular formula is C12H15BrO3. The van der Waals surface area contributed by atoms with Crippen LogP contribution in [0.1, 0.15) is 23.6 Å². The van der Waals surface area contributed by atoms with Gasteiger partial charge in [0.05, 0.1) is 5.92 Å². The van der Waals surface area contributed by atoms with E-state index in [9.17, 15) is 9.90 Å². The molecular weight excluding hydrogens is 272 g/mol. The summed E-state index contributed by atoms with van der Waals surface area (Å²) in [5.74, 6) is -1.15. The summed E-state index contributed by atoms with van der Waals surface area (Å²) in [6.07, 6.45) is 0.348. The molecule has 0 fully saturated rings. The second-order valence-corrected chi connectivity index (χ2v) is 4.93. The van der Waals surface area contributed by atoms with Gasteiger partial charge in [-0.1, -0.05) is 22.9 Å². The lowest BCUT2D eigenvalue weighted by molar-refractivity contribution is -0.141. The zero-order valence-corrected chi connectivity index (χ0v) is 11.1. The van der Waals surface area contributed by atoms with Crippen LogP contribution in [-0.2, 0) is 11.2 Å². The Hall–Kier alpha value is -1.03. The minimum atomic E-state index is -0.848. The number of phenols is 1. The number of aryl methyl sites for hydroxylation is 1. The summed E-state index contributed by atoms with van der Waals surface area (Å²) >= 11 is 3.35. The number of aliphatic carboxylic acids is 1. The van der Waals surface area contributed by atoms with Gasteiger partial charge in [-0.15, -0.1) is 0 Å². The summed E-state index contributed by atoms with van der Waals surface area (Å²) in [6, 6.07) is 1.90. The van der Waals surface area contributed by atoms with Crippen LogP contribution >= 0.6 is 15.9 Å². The van der Waals surface area contributed by atoms with Crippen LogP contribution in [0.4, 0.5) is 0 Å². The Labute approximate surface area is 103 Å². The fourth-order valence-electron chi connectivity index (χ4n) is 1.56. The molecule has 0 aliphatic rings. The number of benzene rings is 1. The second-order valence-electron chi connectivity index (χ2n) is 4.07. The second kappa shape index (κ2) is 4.87. The van der Waals surface area contributed by atoms with Crippen molar-refractivity contribution < 1.29 is 15.0 Å². The molecule has 0 heterocycles. The molecule has 1 unspecified atom stereocenters. The summed E-state index contributed by atoms with van der Waals surface area (Å²) in [7, 11) is 0. The van der Waals surface area contributed by atoms with Crippen molar-refractivity contribution in [1.82, 2.24) is 0 Å². The van der Waals surface area contributed by atoms with Gasteiger partial charge in [0.2, 0.25) is 0 Å². The number of carbonyl (C=O) groups is 1. The number of hydrogen-bond donors (Lipinski definition) is 2. The Bertz CT molecular complexity index is 427. The molecule has 0 bridgehead atoms. The molecule has 1 aromatic carbocycles. The van der Waals surface area contributed by atoms with Crippen molar-refractivity contribution in [2.24, 2.45) is 5.92 Å². The van der Waals surface area contributed by atoms with Gasteiger partial charge < -0.3 is 10.2 Å². The Morgan fingerprint density at radius 1 is 1.50 bits per heavy atom. The average Bonchev–Trinajstić information content (AvgIpc) is 2.20. The first-order chi connectivity index (χ1) is 7.34. The molecule has 1 rings (SSSR count). The van der Waals surface area contributed by atoms with Crippen molar-refractivity contribution in [3.63, 3.8) is 0 Å². The zero-order chi connectivity index (χ0) is 12.5. The molecule has 0 spiro atoms. The molecule has 0 aromatic heterocycles. The maximum atomic E-state index is 10.8. The molecule has 0 radical (unpaired) electrons. The molecule has 0 amide bonds. The highest BCUT2D eigenvalue weighted by Gasteiger charge is 2.18. The van der Waals surface area contributed by atoms with E-state index in [4.69, 9.17) is 5.11 Å². The van der Waals surface area contributed by atoms with Crippen LogP contribution in [0, 0.1) is 19.8 Å². The third kappa shape index (κ3) is 2.55. The lowest BCUT2D eigenvalue weighted by Gasteiger charge is -2.14. The third-order valence-electron chi connectivity index (χ3n) is 2.75. The summed E-state index contributed by atoms with van der Waals surface area (Å²) in [4.78, 5) is 10.8. The molecule has 4 heteroatoms. The van der Waals surface area contributed by atoms with E-state index in [0.29, 0.717) is 6.42 Å². The number of aromatic hydroxyl groups is 1. The first-order valence-corrected chi connectivity index (χ1v) is 5.84. The highest BCUT2D eigenvalue weighted by molar-refractivity contribution is 9.10. The van der Waals surface area contributed by atoms with Crippen molar-refractivity contribution in [2.75, 3.05) is 0 Å². The fraction of sp³-hybridized carbons (Fsp3) is 0.417. The topological polar surface area (TPSA) is 57.5 Å². The van der Waals surface area contributed by atoms with Crippen molar-refractivity contribution in [2.45, 2.75) is 27.2 Å². The maximum absolute atomic E-state index is 10.8. The molecule has 0 saturated heterocycles. The largest absolute Gasteiger partial charge is 0.507 e. The van der Waals surface area contributed by atoms with Gasteiger partial charge >= 0.3 is 5.97 Å². The summed E-state index contributed by atoms with van der Waals surface area (Å²) in [5, 5.41) is 18.8. The SMILES string of the molecule is Cc1cc(Br)c(C)c(O)c1CC(C)C(=O)O. The Morgan fingerprint density at radius 2 is 2.06 bits per heavy atom. The van der Waals surface area contributed by atoms with E-state index >= 15 is 0 Å². The van der Waals surface area contributed by atoms with Gasteiger partial charge in [0, 0.05) is 10.0 Å². The molecule has 88 valence electrons. The van der Waals surface area contributed by atoms with E-state index in [0.717, 1.165) is 21.2 Å². The minimum absolute atomic E-state index is 0.194. The lowest BCUT2D eigenvalue weighted by atomic mass is 9.95. The quantitative estimate of drug-likeness (QED) is 0.898. The van der Waals surface area contributed by atoms with Gasteiger partial charge in [-0.2, -0.15) is 0 Å². The standard InChI is InChI=1S/C12H15BrO3/c1-6-5-10(13)8(3)11(14)9(6)4-7(2)12(15)16/h5,7,14H,4H2,1-3H3,(H,15,16). The molecule has 0 saturated carbocycles. The predicted octanol–water partition coefficient (Wildman–Crippen LogP) is 3.03. The molecule has 1 aromatic rings. The van der Waals surface area contributed by atoms with Gasteiger partial charge in [-0.3, -0.25) is 4.79 Å². The Morgan fingerprint density at radius 3 is 2.56 bits per heavy atom. The smallest absolute Gasteiger partial charge is 0.306 e. The number of phenolic OH excluding ortho intramolecular Hbond substituents is 1. The third-order valence-corrected chi connectivity index (χ3v) is 3.57. The maximum Gasteiger partial charge on any atom is 0.306 e. The van der Waals surface area contributed by atoms with E-state index < -0.39 is 11.9 Å². The first-order valence-electron chi connectivity index (χ1n) is 5.05. The number of rotatable bonds is 3. The number of carboxylic acids is 1. The first kappa shape index (κ1) is 13.0. The number of hydrogen-bond acceptors (Lipinski definition) is 2. The van der Waals surface area contributed by atoms with Crippen LogP contribution in [-0.4, -0.2) is 16.2 Å². The lowest BCUT2D eigenvalue weighted by Crippen LogP contribution is -2.13. The van der Waals surface area contributed by atoms with E-state index in [1.807, 2.05) is 13.0 Å². The predicted molar refractivity (Wildman–Crippen MR) is 65.8 cm³/mol. The van der Waals surface area contributed by atoms with Crippen LogP contribution in [0.3, 0.4) is 0 Å². The Balaban J connectivity index is 3.14. The summed E-state index contributed by atoms with van der Waals surface area (Å²) < 4.78 is 0.842. The molecule has 16 heavy (non-hydrogen) atoms.